The molecule has 0 aromatic carbocycles. The first-order chi connectivity index (χ1) is 5.07. The molecular formula is C10H20O. The van der Waals surface area contributed by atoms with Crippen LogP contribution in [-0.2, 0) is 4.79 Å². The maximum absolute atomic E-state index is 10.9. The Hall–Kier alpha value is -0.330. The summed E-state index contributed by atoms with van der Waals surface area (Å²) < 4.78 is 0. The van der Waals surface area contributed by atoms with Gasteiger partial charge in [-0.15, -0.1) is 0 Å². The van der Waals surface area contributed by atoms with E-state index in [0.717, 1.165) is 6.42 Å². The summed E-state index contributed by atoms with van der Waals surface area (Å²) in [4.78, 5) is 10.9. The molecule has 0 saturated heterocycles. The molecule has 0 aliphatic carbocycles. The largest absolute Gasteiger partial charge is 0.300 e. The van der Waals surface area contributed by atoms with E-state index in [4.69, 9.17) is 0 Å². The average molecular weight is 156 g/mol. The van der Waals surface area contributed by atoms with Crippen LogP contribution in [0.15, 0.2) is 0 Å². The molecule has 0 aromatic rings. The lowest BCUT2D eigenvalue weighted by molar-refractivity contribution is -0.120. The van der Waals surface area contributed by atoms with Gasteiger partial charge in [-0.3, -0.25) is 4.79 Å². The number of Topliss-reactive ketones (excluding diaryl/α,β-unsaturated/α-hetero) is 1. The predicted octanol–water partition coefficient (Wildman–Crippen LogP) is 3.04. The third-order valence-electron chi connectivity index (χ3n) is 2.23. The van der Waals surface area contributed by atoms with E-state index in [1.165, 1.54) is 12.8 Å². The van der Waals surface area contributed by atoms with Gasteiger partial charge in [0.25, 0.3) is 0 Å². The SMILES string of the molecule is CCCC(C)CC(C)C(C)=O. The molecule has 0 fully saturated rings. The zero-order chi connectivity index (χ0) is 8.85. The van der Waals surface area contributed by atoms with E-state index in [1.807, 2.05) is 6.92 Å². The lowest BCUT2D eigenvalue weighted by Crippen LogP contribution is -2.10. The van der Waals surface area contributed by atoms with Crippen molar-refractivity contribution < 1.29 is 4.79 Å². The summed E-state index contributed by atoms with van der Waals surface area (Å²) in [5, 5.41) is 0. The minimum atomic E-state index is 0.261. The van der Waals surface area contributed by atoms with Gasteiger partial charge in [0, 0.05) is 5.92 Å². The molecule has 2 unspecified atom stereocenters. The van der Waals surface area contributed by atoms with Crippen molar-refractivity contribution in [1.29, 1.82) is 0 Å². The van der Waals surface area contributed by atoms with Gasteiger partial charge in [0.05, 0.1) is 0 Å². The molecule has 0 amide bonds. The molecule has 0 aliphatic heterocycles. The molecule has 11 heavy (non-hydrogen) atoms. The lowest BCUT2D eigenvalue weighted by atomic mass is 9.92. The first kappa shape index (κ1) is 10.7. The van der Waals surface area contributed by atoms with Crippen LogP contribution >= 0.6 is 0 Å². The van der Waals surface area contributed by atoms with Gasteiger partial charge >= 0.3 is 0 Å². The summed E-state index contributed by atoms with van der Waals surface area (Å²) in [6.07, 6.45) is 3.53. The topological polar surface area (TPSA) is 17.1 Å². The second-order valence-electron chi connectivity index (χ2n) is 3.64. The monoisotopic (exact) mass is 156 g/mol. The average Bonchev–Trinajstić information content (AvgIpc) is 1.87. The molecule has 66 valence electrons. The van der Waals surface area contributed by atoms with E-state index in [0.29, 0.717) is 11.7 Å². The zero-order valence-corrected chi connectivity index (χ0v) is 8.18. The normalized spacial score (nSPS) is 16.0. The fourth-order valence-electron chi connectivity index (χ4n) is 1.38. The van der Waals surface area contributed by atoms with E-state index in [1.54, 1.807) is 6.92 Å². The Kier molecular flexibility index (Phi) is 5.18. The molecule has 0 saturated carbocycles. The van der Waals surface area contributed by atoms with Gasteiger partial charge < -0.3 is 0 Å². The number of rotatable bonds is 5. The van der Waals surface area contributed by atoms with Crippen LogP contribution in [0.1, 0.15) is 47.0 Å². The highest BCUT2D eigenvalue weighted by Gasteiger charge is 2.11. The minimum absolute atomic E-state index is 0.261. The van der Waals surface area contributed by atoms with Crippen molar-refractivity contribution in [3.63, 3.8) is 0 Å². The second kappa shape index (κ2) is 5.34. The Morgan fingerprint density at radius 1 is 1.36 bits per heavy atom. The molecule has 0 rings (SSSR count). The Morgan fingerprint density at radius 2 is 1.91 bits per heavy atom. The van der Waals surface area contributed by atoms with Crippen LogP contribution in [0.5, 0.6) is 0 Å². The van der Waals surface area contributed by atoms with Crippen LogP contribution in [-0.4, -0.2) is 5.78 Å². The molecule has 1 heteroatoms. The van der Waals surface area contributed by atoms with E-state index in [9.17, 15) is 4.79 Å². The fourth-order valence-corrected chi connectivity index (χ4v) is 1.38. The van der Waals surface area contributed by atoms with E-state index < -0.39 is 0 Å². The van der Waals surface area contributed by atoms with Crippen LogP contribution in [0, 0.1) is 11.8 Å². The number of ketones is 1. The summed E-state index contributed by atoms with van der Waals surface area (Å²) in [5.41, 5.74) is 0. The first-order valence-electron chi connectivity index (χ1n) is 4.58. The van der Waals surface area contributed by atoms with Crippen LogP contribution in [0.25, 0.3) is 0 Å². The van der Waals surface area contributed by atoms with E-state index in [2.05, 4.69) is 13.8 Å². The molecule has 0 aliphatic rings. The molecule has 0 heterocycles. The molecule has 0 radical (unpaired) electrons. The fraction of sp³-hybridized carbons (Fsp3) is 0.900. The quantitative estimate of drug-likeness (QED) is 0.598. The van der Waals surface area contributed by atoms with E-state index >= 15 is 0 Å². The molecule has 2 atom stereocenters. The highest BCUT2D eigenvalue weighted by atomic mass is 16.1. The third-order valence-corrected chi connectivity index (χ3v) is 2.23. The molecule has 1 nitrogen and oxygen atoms in total. The smallest absolute Gasteiger partial charge is 0.132 e. The van der Waals surface area contributed by atoms with Gasteiger partial charge in [0.1, 0.15) is 5.78 Å². The summed E-state index contributed by atoms with van der Waals surface area (Å²) in [6.45, 7) is 8.12. The first-order valence-corrected chi connectivity index (χ1v) is 4.58. The summed E-state index contributed by atoms with van der Waals surface area (Å²) in [7, 11) is 0. The van der Waals surface area contributed by atoms with Crippen molar-refractivity contribution in [2.75, 3.05) is 0 Å². The van der Waals surface area contributed by atoms with Crippen molar-refractivity contribution in [3.05, 3.63) is 0 Å². The second-order valence-corrected chi connectivity index (χ2v) is 3.64. The molecule has 0 aromatic heterocycles. The van der Waals surface area contributed by atoms with Crippen LogP contribution in [0.2, 0.25) is 0 Å². The number of hydrogen-bond acceptors (Lipinski definition) is 1. The van der Waals surface area contributed by atoms with Crippen LogP contribution in [0.3, 0.4) is 0 Å². The number of carbonyl (C=O) groups excluding carboxylic acids is 1. The van der Waals surface area contributed by atoms with Gasteiger partial charge in [-0.2, -0.15) is 0 Å². The molecular weight excluding hydrogens is 136 g/mol. The minimum Gasteiger partial charge on any atom is -0.300 e. The molecule has 0 bridgehead atoms. The summed E-state index contributed by atoms with van der Waals surface area (Å²) in [5.74, 6) is 1.29. The standard InChI is InChI=1S/C10H20O/c1-5-6-8(2)7-9(3)10(4)11/h8-9H,5-7H2,1-4H3. The van der Waals surface area contributed by atoms with Crippen molar-refractivity contribution >= 4 is 5.78 Å². The highest BCUT2D eigenvalue weighted by molar-refractivity contribution is 5.77. The molecule has 0 spiro atoms. The molecule has 0 N–H and O–H groups in total. The van der Waals surface area contributed by atoms with Crippen molar-refractivity contribution in [3.8, 4) is 0 Å². The van der Waals surface area contributed by atoms with Gasteiger partial charge in [0.2, 0.25) is 0 Å². The number of carbonyl (C=O) groups is 1. The Labute approximate surface area is 70.2 Å². The van der Waals surface area contributed by atoms with Gasteiger partial charge in [-0.25, -0.2) is 0 Å². The van der Waals surface area contributed by atoms with Crippen LogP contribution < -0.4 is 0 Å². The lowest BCUT2D eigenvalue weighted by Gasteiger charge is -2.13. The summed E-state index contributed by atoms with van der Waals surface area (Å²) >= 11 is 0. The Balaban J connectivity index is 3.56. The highest BCUT2D eigenvalue weighted by Crippen LogP contribution is 2.16. The third kappa shape index (κ3) is 5.00. The van der Waals surface area contributed by atoms with Gasteiger partial charge in [0.15, 0.2) is 0 Å². The summed E-state index contributed by atoms with van der Waals surface area (Å²) in [6, 6.07) is 0. The maximum atomic E-state index is 10.9. The van der Waals surface area contributed by atoms with Gasteiger partial charge in [-0.1, -0.05) is 33.6 Å². The van der Waals surface area contributed by atoms with Crippen LogP contribution in [0.4, 0.5) is 0 Å². The van der Waals surface area contributed by atoms with Crippen molar-refractivity contribution in [2.45, 2.75) is 47.0 Å². The Bertz CT molecular complexity index is 118. The maximum Gasteiger partial charge on any atom is 0.132 e. The Morgan fingerprint density at radius 3 is 2.27 bits per heavy atom. The van der Waals surface area contributed by atoms with E-state index in [-0.39, 0.29) is 5.92 Å². The van der Waals surface area contributed by atoms with Gasteiger partial charge in [-0.05, 0) is 19.3 Å². The number of hydrogen-bond donors (Lipinski definition) is 0. The van der Waals surface area contributed by atoms with Crippen molar-refractivity contribution in [1.82, 2.24) is 0 Å². The zero-order valence-electron chi connectivity index (χ0n) is 8.18. The predicted molar refractivity (Wildman–Crippen MR) is 48.5 cm³/mol. The van der Waals surface area contributed by atoms with Crippen molar-refractivity contribution in [2.24, 2.45) is 11.8 Å².